The van der Waals surface area contributed by atoms with Crippen LogP contribution in [-0.2, 0) is 4.74 Å². The number of morpholine rings is 1. The highest BCUT2D eigenvalue weighted by Crippen LogP contribution is 2.26. The van der Waals surface area contributed by atoms with Crippen molar-refractivity contribution < 1.29 is 19.0 Å². The molecule has 6 nitrogen and oxygen atoms in total. The Morgan fingerprint density at radius 1 is 1.43 bits per heavy atom. The zero-order chi connectivity index (χ0) is 15.4. The van der Waals surface area contributed by atoms with Gasteiger partial charge in [-0.3, -0.25) is 4.79 Å². The van der Waals surface area contributed by atoms with E-state index in [1.165, 1.54) is 7.11 Å². The number of carbonyl (C=O) groups excluding carboxylic acids is 1. The molecule has 2 rings (SSSR count). The van der Waals surface area contributed by atoms with Gasteiger partial charge in [0, 0.05) is 6.54 Å². The van der Waals surface area contributed by atoms with Gasteiger partial charge in [-0.2, -0.15) is 0 Å². The van der Waals surface area contributed by atoms with E-state index < -0.39 is 6.10 Å². The van der Waals surface area contributed by atoms with Crippen LogP contribution in [0.3, 0.4) is 0 Å². The van der Waals surface area contributed by atoms with Crippen molar-refractivity contribution in [1.82, 2.24) is 4.90 Å². The number of methoxy groups -OCH3 is 2. The van der Waals surface area contributed by atoms with Gasteiger partial charge in [0.1, 0.15) is 22.6 Å². The topological polar surface area (TPSA) is 74.0 Å². The van der Waals surface area contributed by atoms with Crippen LogP contribution in [0.1, 0.15) is 10.4 Å². The van der Waals surface area contributed by atoms with E-state index in [4.69, 9.17) is 32.2 Å². The van der Waals surface area contributed by atoms with Crippen molar-refractivity contribution in [3.8, 4) is 11.5 Å². The molecule has 1 aromatic rings. The van der Waals surface area contributed by atoms with Gasteiger partial charge in [0.05, 0.1) is 32.9 Å². The number of rotatable bonds is 4. The summed E-state index contributed by atoms with van der Waals surface area (Å²) in [5.41, 5.74) is 6.04. The molecule has 0 radical (unpaired) electrons. The van der Waals surface area contributed by atoms with Crippen molar-refractivity contribution in [1.29, 1.82) is 0 Å². The van der Waals surface area contributed by atoms with Crippen LogP contribution < -0.4 is 15.2 Å². The molecule has 1 aliphatic heterocycles. The average Bonchev–Trinajstić information content (AvgIpc) is 2.53. The molecule has 0 bridgehead atoms. The van der Waals surface area contributed by atoms with E-state index in [9.17, 15) is 4.79 Å². The van der Waals surface area contributed by atoms with Gasteiger partial charge < -0.3 is 24.8 Å². The van der Waals surface area contributed by atoms with E-state index in [2.05, 4.69) is 0 Å². The lowest BCUT2D eigenvalue weighted by Crippen LogP contribution is -2.50. The molecule has 2 N–H and O–H groups in total. The minimum Gasteiger partial charge on any atom is -0.497 e. The Labute approximate surface area is 128 Å². The summed E-state index contributed by atoms with van der Waals surface area (Å²) in [6.45, 7) is 1.23. The van der Waals surface area contributed by atoms with Crippen molar-refractivity contribution >= 4 is 23.1 Å². The van der Waals surface area contributed by atoms with Gasteiger partial charge in [-0.25, -0.2) is 0 Å². The average molecular weight is 310 g/mol. The Kier molecular flexibility index (Phi) is 4.98. The lowest BCUT2D eigenvalue weighted by Gasteiger charge is -2.32. The Morgan fingerprint density at radius 2 is 2.19 bits per heavy atom. The Balaban J connectivity index is 2.24. The minimum absolute atomic E-state index is 0.157. The molecule has 0 aromatic heterocycles. The van der Waals surface area contributed by atoms with Crippen LogP contribution in [0, 0.1) is 0 Å². The van der Waals surface area contributed by atoms with Crippen molar-refractivity contribution in [3.05, 3.63) is 23.8 Å². The second-order valence-electron chi connectivity index (χ2n) is 4.58. The smallest absolute Gasteiger partial charge is 0.257 e. The van der Waals surface area contributed by atoms with E-state index >= 15 is 0 Å². The third-order valence-corrected chi connectivity index (χ3v) is 3.57. The summed E-state index contributed by atoms with van der Waals surface area (Å²) in [4.78, 5) is 14.6. The zero-order valence-electron chi connectivity index (χ0n) is 12.0. The first-order chi connectivity index (χ1) is 10.1. The van der Waals surface area contributed by atoms with E-state index in [-0.39, 0.29) is 10.9 Å². The quantitative estimate of drug-likeness (QED) is 0.831. The molecule has 114 valence electrons. The molecule has 1 atom stereocenters. The van der Waals surface area contributed by atoms with Gasteiger partial charge in [0.15, 0.2) is 0 Å². The van der Waals surface area contributed by atoms with Gasteiger partial charge in [-0.15, -0.1) is 0 Å². The highest BCUT2D eigenvalue weighted by Gasteiger charge is 2.28. The molecule has 21 heavy (non-hydrogen) atoms. The summed E-state index contributed by atoms with van der Waals surface area (Å²) in [5.74, 6) is 0.938. The van der Waals surface area contributed by atoms with E-state index in [0.29, 0.717) is 36.8 Å². The van der Waals surface area contributed by atoms with Gasteiger partial charge in [0.25, 0.3) is 5.91 Å². The first kappa shape index (κ1) is 15.5. The highest BCUT2D eigenvalue weighted by molar-refractivity contribution is 7.80. The Hall–Kier alpha value is -1.86. The number of benzene rings is 1. The van der Waals surface area contributed by atoms with Crippen molar-refractivity contribution in [2.75, 3.05) is 33.9 Å². The summed E-state index contributed by atoms with van der Waals surface area (Å²) in [7, 11) is 3.07. The maximum atomic E-state index is 12.7. The molecule has 1 aliphatic rings. The number of thiocarbonyl (C=S) groups is 1. The zero-order valence-corrected chi connectivity index (χ0v) is 12.8. The lowest BCUT2D eigenvalue weighted by molar-refractivity contribution is 0.00863. The van der Waals surface area contributed by atoms with Crippen molar-refractivity contribution in [2.45, 2.75) is 6.10 Å². The van der Waals surface area contributed by atoms with Crippen LogP contribution in [0.2, 0.25) is 0 Å². The number of amides is 1. The summed E-state index contributed by atoms with van der Waals surface area (Å²) in [6.07, 6.45) is -0.408. The number of ether oxygens (including phenoxy) is 3. The normalized spacial score (nSPS) is 18.2. The fourth-order valence-electron chi connectivity index (χ4n) is 2.16. The molecular formula is C14H18N2O4S. The van der Waals surface area contributed by atoms with Gasteiger partial charge in [-0.1, -0.05) is 12.2 Å². The lowest BCUT2D eigenvalue weighted by atomic mass is 10.1. The van der Waals surface area contributed by atoms with Gasteiger partial charge in [0.2, 0.25) is 0 Å². The van der Waals surface area contributed by atoms with Crippen LogP contribution in [0.5, 0.6) is 11.5 Å². The molecule has 1 saturated heterocycles. The van der Waals surface area contributed by atoms with Crippen LogP contribution in [0.4, 0.5) is 0 Å². The molecule has 1 heterocycles. The molecule has 7 heteroatoms. The molecule has 1 fully saturated rings. The summed E-state index contributed by atoms with van der Waals surface area (Å²) in [5, 5.41) is 0. The standard InChI is InChI=1S/C14H18N2O4S/c1-18-9-3-4-11(19-2)10(7-9)14(17)16-5-6-20-12(8-16)13(15)21/h3-4,7,12H,5-6,8H2,1-2H3,(H2,15,21). The van der Waals surface area contributed by atoms with Crippen molar-refractivity contribution in [3.63, 3.8) is 0 Å². The molecule has 0 saturated carbocycles. The van der Waals surface area contributed by atoms with Gasteiger partial charge in [-0.05, 0) is 18.2 Å². The number of hydrogen-bond acceptors (Lipinski definition) is 5. The van der Waals surface area contributed by atoms with Crippen LogP contribution in [0.25, 0.3) is 0 Å². The van der Waals surface area contributed by atoms with E-state index in [1.807, 2.05) is 0 Å². The third kappa shape index (κ3) is 3.43. The molecule has 0 spiro atoms. The van der Waals surface area contributed by atoms with Crippen molar-refractivity contribution in [2.24, 2.45) is 5.73 Å². The van der Waals surface area contributed by atoms with Gasteiger partial charge >= 0.3 is 0 Å². The SMILES string of the molecule is COc1ccc(OC)c(C(=O)N2CCOC(C(N)=S)C2)c1. The maximum absolute atomic E-state index is 12.7. The maximum Gasteiger partial charge on any atom is 0.257 e. The largest absolute Gasteiger partial charge is 0.497 e. The molecule has 1 unspecified atom stereocenters. The first-order valence-corrected chi connectivity index (χ1v) is 6.90. The fourth-order valence-corrected chi connectivity index (χ4v) is 2.30. The van der Waals surface area contributed by atoms with E-state index in [0.717, 1.165) is 0 Å². The first-order valence-electron chi connectivity index (χ1n) is 6.49. The van der Waals surface area contributed by atoms with E-state index in [1.54, 1.807) is 30.2 Å². The van der Waals surface area contributed by atoms with Crippen LogP contribution in [-0.4, -0.2) is 55.8 Å². The fraction of sp³-hybridized carbons (Fsp3) is 0.429. The Bertz CT molecular complexity index is 550. The number of nitrogens with two attached hydrogens (primary N) is 1. The van der Waals surface area contributed by atoms with Crippen LogP contribution >= 0.6 is 12.2 Å². The monoisotopic (exact) mass is 310 g/mol. The Morgan fingerprint density at radius 3 is 2.81 bits per heavy atom. The predicted octanol–water partition coefficient (Wildman–Crippen LogP) is 0.831. The second kappa shape index (κ2) is 6.73. The molecule has 1 amide bonds. The highest BCUT2D eigenvalue weighted by atomic mass is 32.1. The second-order valence-corrected chi connectivity index (χ2v) is 5.05. The molecular weight excluding hydrogens is 292 g/mol. The molecule has 0 aliphatic carbocycles. The third-order valence-electron chi connectivity index (χ3n) is 3.31. The number of nitrogens with zero attached hydrogens (tertiary/aromatic N) is 1. The summed E-state index contributed by atoms with van der Waals surface area (Å²) in [6, 6.07) is 5.11. The predicted molar refractivity (Wildman–Crippen MR) is 82.0 cm³/mol. The number of hydrogen-bond donors (Lipinski definition) is 1. The summed E-state index contributed by atoms with van der Waals surface area (Å²) < 4.78 is 15.8. The minimum atomic E-state index is -0.408. The van der Waals surface area contributed by atoms with Crippen LogP contribution in [0.15, 0.2) is 18.2 Å². The molecule has 1 aromatic carbocycles. The summed E-state index contributed by atoms with van der Waals surface area (Å²) >= 11 is 4.93. The number of carbonyl (C=O) groups is 1.